The molecule has 0 aromatic rings. The number of hydrogen-bond acceptors (Lipinski definition) is 3. The molecule has 0 aromatic carbocycles. The highest BCUT2D eigenvalue weighted by Gasteiger charge is 2.27. The van der Waals surface area contributed by atoms with Crippen LogP contribution < -0.4 is 0 Å². The lowest BCUT2D eigenvalue weighted by Crippen LogP contribution is -2.33. The fourth-order valence-electron chi connectivity index (χ4n) is 1.64. The van der Waals surface area contributed by atoms with Crippen molar-refractivity contribution in [1.82, 2.24) is 0 Å². The lowest BCUT2D eigenvalue weighted by Gasteiger charge is -2.20. The van der Waals surface area contributed by atoms with Gasteiger partial charge in [0, 0.05) is 18.6 Å². The Labute approximate surface area is 109 Å². The average Bonchev–Trinajstić information content (AvgIpc) is 2.58. The van der Waals surface area contributed by atoms with Crippen molar-refractivity contribution in [2.75, 3.05) is 21.2 Å². The van der Waals surface area contributed by atoms with Gasteiger partial charge in [-0.05, 0) is 13.8 Å². The normalized spacial score (nSPS) is 17.4. The van der Waals surface area contributed by atoms with Crippen LogP contribution in [0.25, 0.3) is 0 Å². The summed E-state index contributed by atoms with van der Waals surface area (Å²) in [5.74, 6) is -0.351. The van der Waals surface area contributed by atoms with Crippen molar-refractivity contribution in [1.29, 1.82) is 0 Å². The summed E-state index contributed by atoms with van der Waals surface area (Å²) in [6.45, 7) is 4.12. The third kappa shape index (κ3) is 3.67. The molecular weight excluding hydrogens is 228 g/mol. The van der Waals surface area contributed by atoms with E-state index in [0.29, 0.717) is 4.48 Å². The Morgan fingerprint density at radius 2 is 2.11 bits per heavy atom. The lowest BCUT2D eigenvalue weighted by atomic mass is 10.2. The predicted molar refractivity (Wildman–Crippen MR) is 72.8 cm³/mol. The molecule has 0 radical (unpaired) electrons. The zero-order valence-corrected chi connectivity index (χ0v) is 11.7. The molecule has 4 nitrogen and oxygen atoms in total. The van der Waals surface area contributed by atoms with Gasteiger partial charge in [0.2, 0.25) is 0 Å². The van der Waals surface area contributed by atoms with Crippen molar-refractivity contribution in [3.63, 3.8) is 0 Å². The highest BCUT2D eigenvalue weighted by Crippen LogP contribution is 2.25. The summed E-state index contributed by atoms with van der Waals surface area (Å²) in [4.78, 5) is 15.6. The highest BCUT2D eigenvalue weighted by atomic mass is 16.5. The topological polar surface area (TPSA) is 38.7 Å². The summed E-state index contributed by atoms with van der Waals surface area (Å²) in [5, 5.41) is 0. The van der Waals surface area contributed by atoms with Gasteiger partial charge in [-0.2, -0.15) is 0 Å². The van der Waals surface area contributed by atoms with Crippen LogP contribution in [0.5, 0.6) is 0 Å². The number of rotatable bonds is 4. The van der Waals surface area contributed by atoms with E-state index >= 15 is 0 Å². The Kier molecular flexibility index (Phi) is 4.62. The molecule has 0 saturated heterocycles. The number of nitrogens with zero attached hydrogens (tertiary/aromatic N) is 2. The van der Waals surface area contributed by atoms with Crippen LogP contribution in [0.1, 0.15) is 20.3 Å². The molecule has 98 valence electrons. The Balaban J connectivity index is 2.98. The minimum absolute atomic E-state index is 0.351. The van der Waals surface area contributed by atoms with Crippen LogP contribution >= 0.6 is 0 Å². The molecule has 0 aliphatic carbocycles. The number of quaternary nitrogens is 1. The standard InChI is InChI=1S/C14H21N2O2/c1-11(2)6-7-12-13(8-9-14(17)18-5)16(3,4)10-15-12/h6,8-10H,7H2,1-5H3/q+1/b9-8+. The molecule has 4 heteroatoms. The Morgan fingerprint density at radius 1 is 1.44 bits per heavy atom. The number of aliphatic imine (C=N–C) groups is 1. The molecule has 0 amide bonds. The van der Waals surface area contributed by atoms with Crippen molar-refractivity contribution in [3.8, 4) is 0 Å². The van der Waals surface area contributed by atoms with Crippen molar-refractivity contribution in [2.45, 2.75) is 20.3 Å². The van der Waals surface area contributed by atoms with E-state index in [1.54, 1.807) is 6.08 Å². The molecule has 0 bridgehead atoms. The second-order valence-electron chi connectivity index (χ2n) is 4.96. The van der Waals surface area contributed by atoms with Crippen molar-refractivity contribution in [2.24, 2.45) is 4.99 Å². The number of carbonyl (C=O) groups is 1. The maximum absolute atomic E-state index is 11.2. The highest BCUT2D eigenvalue weighted by molar-refractivity contribution is 5.82. The molecule has 0 aromatic heterocycles. The minimum Gasteiger partial charge on any atom is -0.466 e. The van der Waals surface area contributed by atoms with Gasteiger partial charge < -0.3 is 4.74 Å². The summed E-state index contributed by atoms with van der Waals surface area (Å²) >= 11 is 0. The van der Waals surface area contributed by atoms with E-state index < -0.39 is 0 Å². The first-order valence-corrected chi connectivity index (χ1v) is 5.89. The minimum atomic E-state index is -0.351. The number of ether oxygens (including phenoxy) is 1. The monoisotopic (exact) mass is 249 g/mol. The van der Waals surface area contributed by atoms with Crippen LogP contribution in [0.4, 0.5) is 0 Å². The molecule has 0 spiro atoms. The van der Waals surface area contributed by atoms with Gasteiger partial charge in [-0.25, -0.2) is 9.79 Å². The second-order valence-corrected chi connectivity index (χ2v) is 4.96. The van der Waals surface area contributed by atoms with E-state index in [1.165, 1.54) is 18.8 Å². The van der Waals surface area contributed by atoms with Gasteiger partial charge in [-0.3, -0.25) is 4.48 Å². The quantitative estimate of drug-likeness (QED) is 0.332. The molecule has 0 saturated carbocycles. The zero-order valence-electron chi connectivity index (χ0n) is 11.7. The van der Waals surface area contributed by atoms with Gasteiger partial charge in [-0.1, -0.05) is 11.6 Å². The maximum Gasteiger partial charge on any atom is 0.330 e. The Hall–Kier alpha value is -1.68. The predicted octanol–water partition coefficient (Wildman–Crippen LogP) is 2.40. The number of hydrogen-bond donors (Lipinski definition) is 0. The molecule has 0 fully saturated rings. The first-order chi connectivity index (χ1) is 8.36. The van der Waals surface area contributed by atoms with E-state index in [2.05, 4.69) is 29.7 Å². The molecular formula is C14H21N2O2+. The van der Waals surface area contributed by atoms with Crippen molar-refractivity contribution < 1.29 is 14.0 Å². The fraction of sp³-hybridized carbons (Fsp3) is 0.429. The molecule has 0 unspecified atom stereocenters. The first-order valence-electron chi connectivity index (χ1n) is 5.89. The van der Waals surface area contributed by atoms with Gasteiger partial charge in [0.1, 0.15) is 5.70 Å². The van der Waals surface area contributed by atoms with E-state index in [-0.39, 0.29) is 5.97 Å². The van der Waals surface area contributed by atoms with Crippen LogP contribution in [-0.2, 0) is 9.53 Å². The van der Waals surface area contributed by atoms with Crippen LogP contribution in [0.15, 0.2) is 40.2 Å². The van der Waals surface area contributed by atoms with E-state index in [4.69, 9.17) is 0 Å². The lowest BCUT2D eigenvalue weighted by molar-refractivity contribution is -0.744. The number of allylic oxidation sites excluding steroid dienone is 3. The number of likely N-dealkylation sites (N-methyl/N-ethyl adjacent to an activating group) is 1. The van der Waals surface area contributed by atoms with Crippen molar-refractivity contribution >= 4 is 12.3 Å². The smallest absolute Gasteiger partial charge is 0.330 e. The summed E-state index contributed by atoms with van der Waals surface area (Å²) in [6.07, 6.45) is 8.00. The van der Waals surface area contributed by atoms with Gasteiger partial charge >= 0.3 is 5.97 Å². The molecule has 1 aliphatic heterocycles. The van der Waals surface area contributed by atoms with Gasteiger partial charge in [-0.15, -0.1) is 0 Å². The van der Waals surface area contributed by atoms with Gasteiger partial charge in [0.15, 0.2) is 12.0 Å². The fourth-order valence-corrected chi connectivity index (χ4v) is 1.64. The third-order valence-corrected chi connectivity index (χ3v) is 2.70. The molecule has 0 atom stereocenters. The number of carbonyl (C=O) groups excluding carboxylic acids is 1. The van der Waals surface area contributed by atoms with Gasteiger partial charge in [0.05, 0.1) is 21.2 Å². The zero-order chi connectivity index (χ0) is 13.8. The Bertz CT molecular complexity index is 450. The third-order valence-electron chi connectivity index (χ3n) is 2.70. The van der Waals surface area contributed by atoms with E-state index in [1.807, 2.05) is 20.4 Å². The molecule has 1 aliphatic rings. The summed E-state index contributed by atoms with van der Waals surface area (Å²) in [6, 6.07) is 0. The van der Waals surface area contributed by atoms with Crippen LogP contribution in [-0.4, -0.2) is 38.0 Å². The molecule has 1 heterocycles. The second kappa shape index (κ2) is 5.78. The largest absolute Gasteiger partial charge is 0.466 e. The molecule has 0 N–H and O–H groups in total. The summed E-state index contributed by atoms with van der Waals surface area (Å²) in [7, 11) is 5.42. The van der Waals surface area contributed by atoms with Crippen molar-refractivity contribution in [3.05, 3.63) is 35.2 Å². The SMILES string of the molecule is COC(=O)/C=C/C1=C(CC=C(C)C)N=C[N+]1(C)C. The average molecular weight is 249 g/mol. The van der Waals surface area contributed by atoms with Crippen LogP contribution in [0.3, 0.4) is 0 Å². The van der Waals surface area contributed by atoms with Crippen LogP contribution in [0.2, 0.25) is 0 Å². The van der Waals surface area contributed by atoms with E-state index in [0.717, 1.165) is 17.8 Å². The first kappa shape index (κ1) is 14.4. The van der Waals surface area contributed by atoms with Crippen LogP contribution in [0, 0.1) is 0 Å². The van der Waals surface area contributed by atoms with Gasteiger partial charge in [0.25, 0.3) is 0 Å². The molecule has 1 rings (SSSR count). The maximum atomic E-state index is 11.2. The summed E-state index contributed by atoms with van der Waals surface area (Å²) < 4.78 is 5.14. The van der Waals surface area contributed by atoms with E-state index in [9.17, 15) is 4.79 Å². The summed E-state index contributed by atoms with van der Waals surface area (Å²) in [5.41, 5.74) is 3.26. The number of methoxy groups -OCH3 is 1. The molecule has 18 heavy (non-hydrogen) atoms. The number of esters is 1. The Morgan fingerprint density at radius 3 is 2.67 bits per heavy atom.